The Bertz CT molecular complexity index is 1050. The second-order valence-electron chi connectivity index (χ2n) is 6.44. The predicted molar refractivity (Wildman–Crippen MR) is 118 cm³/mol. The van der Waals surface area contributed by atoms with Crippen molar-refractivity contribution in [2.45, 2.75) is 6.92 Å². The molecule has 5 heteroatoms. The zero-order valence-electron chi connectivity index (χ0n) is 16.8. The molecule has 1 amide bonds. The number of hydrogen-bond acceptors (Lipinski definition) is 3. The number of rotatable bonds is 6. The number of amides is 1. The van der Waals surface area contributed by atoms with Crippen LogP contribution in [0.2, 0.25) is 0 Å². The van der Waals surface area contributed by atoms with E-state index < -0.39 is 6.09 Å². The Labute approximate surface area is 170 Å². The molecule has 0 spiro atoms. The smallest absolute Gasteiger partial charge is 0.411 e. The van der Waals surface area contributed by atoms with Crippen molar-refractivity contribution in [2.75, 3.05) is 19.5 Å². The van der Waals surface area contributed by atoms with Crippen molar-refractivity contribution in [2.24, 2.45) is 0 Å². The molecule has 3 aromatic rings. The fraction of sp³-hybridized carbons (Fsp3) is 0.125. The van der Waals surface area contributed by atoms with Gasteiger partial charge in [-0.05, 0) is 42.3 Å². The third-order valence-electron chi connectivity index (χ3n) is 4.69. The van der Waals surface area contributed by atoms with Crippen molar-refractivity contribution in [3.05, 3.63) is 84.2 Å². The fourth-order valence-electron chi connectivity index (χ4n) is 3.14. The molecule has 0 aliphatic carbocycles. The summed E-state index contributed by atoms with van der Waals surface area (Å²) in [6.45, 7) is 6.01. The first-order valence-electron chi connectivity index (χ1n) is 9.18. The summed E-state index contributed by atoms with van der Waals surface area (Å²) in [7, 11) is 3.01. The van der Waals surface area contributed by atoms with Crippen molar-refractivity contribution < 1.29 is 14.3 Å². The molecule has 0 unspecified atom stereocenters. The first-order valence-corrected chi connectivity index (χ1v) is 9.18. The number of hydrogen-bond donors (Lipinski definition) is 2. The van der Waals surface area contributed by atoms with E-state index in [0.717, 1.165) is 39.3 Å². The molecule has 0 aliphatic rings. The Balaban J connectivity index is 1.99. The molecule has 0 atom stereocenters. The number of H-pyrrole nitrogens is 1. The van der Waals surface area contributed by atoms with E-state index in [1.165, 1.54) is 7.11 Å². The van der Waals surface area contributed by atoms with E-state index in [4.69, 9.17) is 4.74 Å². The van der Waals surface area contributed by atoms with Crippen molar-refractivity contribution in [1.82, 2.24) is 4.98 Å². The molecule has 0 saturated carbocycles. The maximum atomic E-state index is 11.4. The van der Waals surface area contributed by atoms with Gasteiger partial charge in [0.05, 0.1) is 14.2 Å². The van der Waals surface area contributed by atoms with Crippen LogP contribution in [0.15, 0.2) is 67.4 Å². The van der Waals surface area contributed by atoms with Crippen LogP contribution >= 0.6 is 0 Å². The SMILES string of the molecule is C=C/C(=C\c1c(-c2ccccc2OC)c[nH]c1C)c1ccc(NC(=O)OC)cc1. The maximum Gasteiger partial charge on any atom is 0.411 e. The van der Waals surface area contributed by atoms with Gasteiger partial charge in [-0.3, -0.25) is 5.32 Å². The van der Waals surface area contributed by atoms with E-state index in [2.05, 4.69) is 27.7 Å². The molecule has 29 heavy (non-hydrogen) atoms. The topological polar surface area (TPSA) is 63.3 Å². The summed E-state index contributed by atoms with van der Waals surface area (Å²) in [5.74, 6) is 0.819. The van der Waals surface area contributed by atoms with Gasteiger partial charge in [0.25, 0.3) is 0 Å². The summed E-state index contributed by atoms with van der Waals surface area (Å²) in [4.78, 5) is 14.7. The van der Waals surface area contributed by atoms with Gasteiger partial charge in [-0.15, -0.1) is 0 Å². The van der Waals surface area contributed by atoms with E-state index in [0.29, 0.717) is 5.69 Å². The van der Waals surface area contributed by atoms with Crippen LogP contribution in [0.25, 0.3) is 22.8 Å². The second kappa shape index (κ2) is 8.97. The lowest BCUT2D eigenvalue weighted by molar-refractivity contribution is 0.187. The van der Waals surface area contributed by atoms with E-state index in [-0.39, 0.29) is 0 Å². The maximum absolute atomic E-state index is 11.4. The number of benzene rings is 2. The molecular weight excluding hydrogens is 364 g/mol. The quantitative estimate of drug-likeness (QED) is 0.517. The van der Waals surface area contributed by atoms with Gasteiger partial charge in [-0.2, -0.15) is 0 Å². The van der Waals surface area contributed by atoms with E-state index in [9.17, 15) is 4.79 Å². The van der Waals surface area contributed by atoms with Crippen LogP contribution in [0.1, 0.15) is 16.8 Å². The highest BCUT2D eigenvalue weighted by Gasteiger charge is 2.13. The molecule has 3 rings (SSSR count). The molecule has 2 aromatic carbocycles. The summed E-state index contributed by atoms with van der Waals surface area (Å²) in [6.07, 6.45) is 5.41. The highest BCUT2D eigenvalue weighted by atomic mass is 16.5. The van der Waals surface area contributed by atoms with Gasteiger partial charge >= 0.3 is 6.09 Å². The molecule has 2 N–H and O–H groups in total. The number of aromatic amines is 1. The van der Waals surface area contributed by atoms with Gasteiger partial charge in [-0.1, -0.05) is 43.0 Å². The van der Waals surface area contributed by atoms with Crippen molar-refractivity contribution in [3.8, 4) is 16.9 Å². The summed E-state index contributed by atoms with van der Waals surface area (Å²) >= 11 is 0. The monoisotopic (exact) mass is 388 g/mol. The Morgan fingerprint density at radius 3 is 2.45 bits per heavy atom. The van der Waals surface area contributed by atoms with E-state index in [1.807, 2.05) is 67.7 Å². The summed E-state index contributed by atoms with van der Waals surface area (Å²) < 4.78 is 10.2. The molecule has 0 aliphatic heterocycles. The summed E-state index contributed by atoms with van der Waals surface area (Å²) in [5, 5.41) is 2.65. The third kappa shape index (κ3) is 4.41. The number of carbonyl (C=O) groups excluding carboxylic acids is 1. The minimum absolute atomic E-state index is 0.498. The van der Waals surface area contributed by atoms with Gasteiger partial charge in [0.1, 0.15) is 5.75 Å². The average Bonchev–Trinajstić information content (AvgIpc) is 3.12. The number of aryl methyl sites for hydroxylation is 1. The van der Waals surface area contributed by atoms with Crippen LogP contribution in [0.5, 0.6) is 5.75 Å². The van der Waals surface area contributed by atoms with Gasteiger partial charge in [-0.25, -0.2) is 4.79 Å². The molecule has 1 heterocycles. The normalized spacial score (nSPS) is 11.1. The van der Waals surface area contributed by atoms with E-state index in [1.54, 1.807) is 7.11 Å². The fourth-order valence-corrected chi connectivity index (χ4v) is 3.14. The minimum atomic E-state index is -0.498. The van der Waals surface area contributed by atoms with Gasteiger partial charge in [0, 0.05) is 34.3 Å². The van der Waals surface area contributed by atoms with Crippen LogP contribution < -0.4 is 10.1 Å². The Morgan fingerprint density at radius 2 is 1.79 bits per heavy atom. The van der Waals surface area contributed by atoms with E-state index >= 15 is 0 Å². The standard InChI is InChI=1S/C24H24N2O3/c1-5-17(18-10-12-19(13-11-18)26-24(27)29-4)14-21-16(2)25-15-22(21)20-8-6-7-9-23(20)28-3/h5-15,25H,1H2,2-4H3,(H,26,27)/b17-14+. The molecule has 5 nitrogen and oxygen atoms in total. The lowest BCUT2D eigenvalue weighted by atomic mass is 9.97. The Morgan fingerprint density at radius 1 is 1.07 bits per heavy atom. The predicted octanol–water partition coefficient (Wildman–Crippen LogP) is 5.90. The number of nitrogens with one attached hydrogen (secondary N) is 2. The number of anilines is 1. The molecule has 0 fully saturated rings. The zero-order chi connectivity index (χ0) is 20.8. The number of aromatic nitrogens is 1. The summed E-state index contributed by atoms with van der Waals surface area (Å²) in [5.41, 5.74) is 6.82. The molecule has 0 radical (unpaired) electrons. The first-order chi connectivity index (χ1) is 14.1. The minimum Gasteiger partial charge on any atom is -0.496 e. The van der Waals surface area contributed by atoms with Gasteiger partial charge in [0.15, 0.2) is 0 Å². The molecule has 0 bridgehead atoms. The van der Waals surface area contributed by atoms with Gasteiger partial charge < -0.3 is 14.5 Å². The average molecular weight is 388 g/mol. The first kappa shape index (κ1) is 20.0. The third-order valence-corrected chi connectivity index (χ3v) is 4.69. The molecule has 0 saturated heterocycles. The van der Waals surface area contributed by atoms with Crippen LogP contribution in [-0.4, -0.2) is 25.3 Å². The Kier molecular flexibility index (Phi) is 6.19. The van der Waals surface area contributed by atoms with Gasteiger partial charge in [0.2, 0.25) is 0 Å². The zero-order valence-corrected chi connectivity index (χ0v) is 16.8. The van der Waals surface area contributed by atoms with Crippen LogP contribution in [0.4, 0.5) is 10.5 Å². The number of carbonyl (C=O) groups is 1. The van der Waals surface area contributed by atoms with Crippen molar-refractivity contribution in [3.63, 3.8) is 0 Å². The second-order valence-corrected chi connectivity index (χ2v) is 6.44. The molecule has 148 valence electrons. The van der Waals surface area contributed by atoms with Crippen LogP contribution in [0.3, 0.4) is 0 Å². The van der Waals surface area contributed by atoms with Crippen molar-refractivity contribution >= 4 is 23.4 Å². The highest BCUT2D eigenvalue weighted by Crippen LogP contribution is 2.35. The number of allylic oxidation sites excluding steroid dienone is 2. The number of methoxy groups -OCH3 is 2. The van der Waals surface area contributed by atoms with Crippen LogP contribution in [0, 0.1) is 6.92 Å². The Hall–Kier alpha value is -3.73. The lowest BCUT2D eigenvalue weighted by Crippen LogP contribution is -2.10. The molecule has 1 aromatic heterocycles. The summed E-state index contributed by atoms with van der Waals surface area (Å²) in [6, 6.07) is 15.5. The van der Waals surface area contributed by atoms with Crippen molar-refractivity contribution in [1.29, 1.82) is 0 Å². The number of para-hydroxylation sites is 1. The largest absolute Gasteiger partial charge is 0.496 e. The van der Waals surface area contributed by atoms with Crippen LogP contribution in [-0.2, 0) is 4.74 Å². The molecular formula is C24H24N2O3. The highest BCUT2D eigenvalue weighted by molar-refractivity contribution is 5.93. The number of ether oxygens (including phenoxy) is 2. The lowest BCUT2D eigenvalue weighted by Gasteiger charge is -2.10.